The molecule has 1 aromatic carbocycles. The number of nitrogens with one attached hydrogen (secondary N) is 2. The van der Waals surface area contributed by atoms with Gasteiger partial charge in [-0.1, -0.05) is 18.2 Å². The highest BCUT2D eigenvalue weighted by molar-refractivity contribution is 6.03. The second kappa shape index (κ2) is 6.23. The highest BCUT2D eigenvalue weighted by Gasteiger charge is 2.45. The smallest absolute Gasteiger partial charge is 0.271 e. The van der Waals surface area contributed by atoms with E-state index in [1.54, 1.807) is 14.0 Å². The van der Waals surface area contributed by atoms with Gasteiger partial charge < -0.3 is 20.1 Å². The monoisotopic (exact) mass is 342 g/mol. The molecule has 0 fully saturated rings. The number of nitrogens with zero attached hydrogens (tertiary/aromatic N) is 2. The van der Waals surface area contributed by atoms with Crippen LogP contribution in [0.2, 0.25) is 0 Å². The number of carbonyl (C=O) groups is 3. The van der Waals surface area contributed by atoms with Gasteiger partial charge in [-0.3, -0.25) is 14.4 Å². The van der Waals surface area contributed by atoms with E-state index >= 15 is 0 Å². The van der Waals surface area contributed by atoms with Crippen LogP contribution in [0, 0.1) is 0 Å². The third-order valence-electron chi connectivity index (χ3n) is 4.81. The Bertz CT molecular complexity index is 857. The van der Waals surface area contributed by atoms with Gasteiger partial charge in [0.15, 0.2) is 0 Å². The minimum absolute atomic E-state index is 0.108. The van der Waals surface area contributed by atoms with Crippen molar-refractivity contribution in [3.8, 4) is 0 Å². The first kappa shape index (κ1) is 17.0. The molecule has 0 radical (unpaired) electrons. The molecule has 1 aliphatic rings. The number of para-hydroxylation sites is 1. The molecule has 132 valence electrons. The molecule has 2 N–H and O–H groups in total. The van der Waals surface area contributed by atoms with Crippen molar-refractivity contribution in [1.82, 2.24) is 20.1 Å². The van der Waals surface area contributed by atoms with Crippen LogP contribution in [0.4, 0.5) is 0 Å². The Kier molecular flexibility index (Phi) is 4.24. The summed E-state index contributed by atoms with van der Waals surface area (Å²) in [7, 11) is 1.62. The maximum Gasteiger partial charge on any atom is 0.271 e. The summed E-state index contributed by atoms with van der Waals surface area (Å²) in [6, 6.07) is 9.55. The standard InChI is InChI=1S/C18H22N4O3/c1-4-19-15(23)10-20-17(25)18(2)11-22-13-8-6-5-7-12(13)9-14(22)16(24)21(18)3/h5-9H,4,10-11H2,1-3H3,(H,19,23)(H,20,25)/t18-/m0/s1. The summed E-state index contributed by atoms with van der Waals surface area (Å²) in [5.74, 6) is -0.813. The lowest BCUT2D eigenvalue weighted by atomic mass is 9.95. The molecule has 1 aliphatic heterocycles. The topological polar surface area (TPSA) is 83.4 Å². The highest BCUT2D eigenvalue weighted by Crippen LogP contribution is 2.31. The molecule has 0 bridgehead atoms. The number of fused-ring (bicyclic) bond motifs is 3. The van der Waals surface area contributed by atoms with Crippen LogP contribution in [0.15, 0.2) is 30.3 Å². The molecule has 7 heteroatoms. The second-order valence-electron chi connectivity index (χ2n) is 6.45. The molecule has 1 aromatic heterocycles. The average Bonchev–Trinajstić information content (AvgIpc) is 2.96. The largest absolute Gasteiger partial charge is 0.355 e. The number of rotatable bonds is 4. The molecule has 1 atom stereocenters. The lowest BCUT2D eigenvalue weighted by Gasteiger charge is -2.41. The van der Waals surface area contributed by atoms with E-state index in [2.05, 4.69) is 10.6 Å². The lowest BCUT2D eigenvalue weighted by molar-refractivity contribution is -0.134. The number of hydrogen-bond donors (Lipinski definition) is 2. The van der Waals surface area contributed by atoms with Crippen molar-refractivity contribution >= 4 is 28.6 Å². The lowest BCUT2D eigenvalue weighted by Crippen LogP contribution is -2.63. The molecule has 0 saturated heterocycles. The highest BCUT2D eigenvalue weighted by atomic mass is 16.2. The van der Waals surface area contributed by atoms with Gasteiger partial charge in [-0.05, 0) is 26.0 Å². The second-order valence-corrected chi connectivity index (χ2v) is 6.45. The van der Waals surface area contributed by atoms with Crippen LogP contribution >= 0.6 is 0 Å². The number of carbonyl (C=O) groups excluding carboxylic acids is 3. The Balaban J connectivity index is 1.91. The van der Waals surface area contributed by atoms with E-state index in [0.29, 0.717) is 18.8 Å². The van der Waals surface area contributed by atoms with Crippen LogP contribution in [0.25, 0.3) is 10.9 Å². The molecule has 0 unspecified atom stereocenters. The third kappa shape index (κ3) is 2.75. The molecule has 2 aromatic rings. The van der Waals surface area contributed by atoms with Gasteiger partial charge in [0.2, 0.25) is 11.8 Å². The first-order valence-electron chi connectivity index (χ1n) is 8.30. The number of hydrogen-bond acceptors (Lipinski definition) is 3. The zero-order valence-electron chi connectivity index (χ0n) is 14.6. The first-order valence-corrected chi connectivity index (χ1v) is 8.30. The van der Waals surface area contributed by atoms with Crippen molar-refractivity contribution in [3.63, 3.8) is 0 Å². The Morgan fingerprint density at radius 1 is 1.24 bits per heavy atom. The first-order chi connectivity index (χ1) is 11.9. The number of aromatic nitrogens is 1. The molecule has 3 amide bonds. The fourth-order valence-corrected chi connectivity index (χ4v) is 3.20. The van der Waals surface area contributed by atoms with Gasteiger partial charge in [0.1, 0.15) is 11.2 Å². The van der Waals surface area contributed by atoms with Crippen LogP contribution < -0.4 is 10.6 Å². The fraction of sp³-hybridized carbons (Fsp3) is 0.389. The summed E-state index contributed by atoms with van der Waals surface area (Å²) < 4.78 is 1.88. The predicted molar refractivity (Wildman–Crippen MR) is 94.1 cm³/mol. The Morgan fingerprint density at radius 3 is 2.68 bits per heavy atom. The molecule has 7 nitrogen and oxygen atoms in total. The van der Waals surface area contributed by atoms with Crippen LogP contribution in [0.3, 0.4) is 0 Å². The van der Waals surface area contributed by atoms with Crippen molar-refractivity contribution < 1.29 is 14.4 Å². The number of benzene rings is 1. The maximum atomic E-state index is 12.8. The molecule has 0 spiro atoms. The third-order valence-corrected chi connectivity index (χ3v) is 4.81. The van der Waals surface area contributed by atoms with Crippen LogP contribution in [0.5, 0.6) is 0 Å². The van der Waals surface area contributed by atoms with E-state index in [0.717, 1.165) is 10.9 Å². The van der Waals surface area contributed by atoms with Gasteiger partial charge >= 0.3 is 0 Å². The Morgan fingerprint density at radius 2 is 1.96 bits per heavy atom. The van der Waals surface area contributed by atoms with Gasteiger partial charge in [0.25, 0.3) is 5.91 Å². The SMILES string of the molecule is CCNC(=O)CNC(=O)[C@]1(C)Cn2c(cc3ccccc32)C(=O)N1C. The average molecular weight is 342 g/mol. The fourth-order valence-electron chi connectivity index (χ4n) is 3.20. The molecular weight excluding hydrogens is 320 g/mol. The minimum atomic E-state index is -1.07. The number of likely N-dealkylation sites (N-methyl/N-ethyl adjacent to an activating group) is 2. The van der Waals surface area contributed by atoms with Gasteiger partial charge in [-0.25, -0.2) is 0 Å². The van der Waals surface area contributed by atoms with Gasteiger partial charge in [0.05, 0.1) is 13.1 Å². The minimum Gasteiger partial charge on any atom is -0.355 e. The van der Waals surface area contributed by atoms with Crippen LogP contribution in [0.1, 0.15) is 24.3 Å². The van der Waals surface area contributed by atoms with Crippen molar-refractivity contribution in [3.05, 3.63) is 36.0 Å². The van der Waals surface area contributed by atoms with Gasteiger partial charge in [-0.15, -0.1) is 0 Å². The van der Waals surface area contributed by atoms with E-state index in [9.17, 15) is 14.4 Å². The van der Waals surface area contributed by atoms with Gasteiger partial charge in [0, 0.05) is 24.5 Å². The molecule has 2 heterocycles. The van der Waals surface area contributed by atoms with Gasteiger partial charge in [-0.2, -0.15) is 0 Å². The zero-order chi connectivity index (χ0) is 18.2. The van der Waals surface area contributed by atoms with E-state index in [-0.39, 0.29) is 24.3 Å². The van der Waals surface area contributed by atoms with E-state index in [1.165, 1.54) is 4.90 Å². The molecular formula is C18H22N4O3. The normalized spacial score (nSPS) is 19.6. The molecule has 3 rings (SSSR count). The van der Waals surface area contributed by atoms with E-state index < -0.39 is 5.54 Å². The summed E-state index contributed by atoms with van der Waals surface area (Å²) in [6.07, 6.45) is 0. The summed E-state index contributed by atoms with van der Waals surface area (Å²) in [6.45, 7) is 4.26. The molecule has 0 saturated carbocycles. The number of amides is 3. The zero-order valence-corrected chi connectivity index (χ0v) is 14.6. The quantitative estimate of drug-likeness (QED) is 0.860. The maximum absolute atomic E-state index is 12.8. The van der Waals surface area contributed by atoms with E-state index in [4.69, 9.17) is 0 Å². The van der Waals surface area contributed by atoms with Crippen LogP contribution in [-0.2, 0) is 16.1 Å². The molecule has 0 aliphatic carbocycles. The van der Waals surface area contributed by atoms with Crippen molar-refractivity contribution in [2.45, 2.75) is 25.9 Å². The summed E-state index contributed by atoms with van der Waals surface area (Å²) in [5, 5.41) is 6.24. The van der Waals surface area contributed by atoms with Crippen molar-refractivity contribution in [2.75, 3.05) is 20.1 Å². The summed E-state index contributed by atoms with van der Waals surface area (Å²) in [5.41, 5.74) is 0.414. The van der Waals surface area contributed by atoms with Crippen molar-refractivity contribution in [1.29, 1.82) is 0 Å². The molecule has 25 heavy (non-hydrogen) atoms. The summed E-state index contributed by atoms with van der Waals surface area (Å²) >= 11 is 0. The van der Waals surface area contributed by atoms with E-state index in [1.807, 2.05) is 41.8 Å². The predicted octanol–water partition coefficient (Wildman–Crippen LogP) is 0.738. The van der Waals surface area contributed by atoms with Crippen molar-refractivity contribution in [2.24, 2.45) is 0 Å². The van der Waals surface area contributed by atoms with Crippen LogP contribution in [-0.4, -0.2) is 52.9 Å². The Hall–Kier alpha value is -2.83. The summed E-state index contributed by atoms with van der Waals surface area (Å²) in [4.78, 5) is 38.6. The Labute approximate surface area is 146 Å².